The molecule has 1 rings (SSSR count). The average Bonchev–Trinajstić information content (AvgIpc) is 2.83. The van der Waals surface area contributed by atoms with Crippen molar-refractivity contribution in [2.24, 2.45) is 0 Å². The first-order valence-electron chi connectivity index (χ1n) is 7.68. The molecule has 0 bridgehead atoms. The van der Waals surface area contributed by atoms with Crippen LogP contribution in [0.3, 0.4) is 0 Å². The van der Waals surface area contributed by atoms with Crippen molar-refractivity contribution in [2.75, 3.05) is 19.9 Å². The summed E-state index contributed by atoms with van der Waals surface area (Å²) >= 11 is 0. The second kappa shape index (κ2) is 9.78. The lowest BCUT2D eigenvalue weighted by atomic mass is 10.2. The molecule has 23 heavy (non-hydrogen) atoms. The van der Waals surface area contributed by atoms with E-state index in [2.05, 4.69) is 10.6 Å². The monoisotopic (exact) mass is 323 g/mol. The minimum Gasteiger partial charge on any atom is -0.351 e. The van der Waals surface area contributed by atoms with E-state index < -0.39 is 0 Å². The van der Waals surface area contributed by atoms with E-state index in [1.165, 1.54) is 17.1 Å². The average molecular weight is 323 g/mol. The second-order valence-corrected chi connectivity index (χ2v) is 5.71. The lowest BCUT2D eigenvalue weighted by Crippen LogP contribution is -2.31. The Morgan fingerprint density at radius 3 is 2.43 bits per heavy atom. The third-order valence-electron chi connectivity index (χ3n) is 3.00. The predicted octanol–water partition coefficient (Wildman–Crippen LogP) is 0.335. The zero-order chi connectivity index (χ0) is 17.2. The highest BCUT2D eigenvalue weighted by molar-refractivity contribution is 5.88. The van der Waals surface area contributed by atoms with Crippen molar-refractivity contribution in [3.8, 4) is 0 Å². The smallest absolute Gasteiger partial charge is 0.250 e. The predicted molar refractivity (Wildman–Crippen MR) is 86.3 cm³/mol. The molecule has 1 fully saturated rings. The van der Waals surface area contributed by atoms with Crippen molar-refractivity contribution in [3.63, 3.8) is 0 Å². The Kier molecular flexibility index (Phi) is 8.04. The lowest BCUT2D eigenvalue weighted by molar-refractivity contribution is -0.126. The van der Waals surface area contributed by atoms with E-state index in [9.17, 15) is 14.4 Å². The van der Waals surface area contributed by atoms with E-state index >= 15 is 0 Å². The van der Waals surface area contributed by atoms with Crippen LogP contribution >= 0.6 is 0 Å². The van der Waals surface area contributed by atoms with Gasteiger partial charge < -0.3 is 20.3 Å². The Morgan fingerprint density at radius 1 is 1.17 bits per heavy atom. The van der Waals surface area contributed by atoms with Gasteiger partial charge in [-0.1, -0.05) is 12.2 Å². The molecule has 0 aliphatic carbocycles. The molecule has 0 aromatic heterocycles. The van der Waals surface area contributed by atoms with Crippen LogP contribution < -0.4 is 10.6 Å². The van der Waals surface area contributed by atoms with Crippen LogP contribution in [0.5, 0.6) is 0 Å². The number of hydrogen-bond donors (Lipinski definition) is 2. The fourth-order valence-electron chi connectivity index (χ4n) is 1.91. The number of carbonyl (C=O) groups excluding carboxylic acids is 3. The SMILES string of the molecule is CC(C)NC(=O)/C=C/CC(C)NC(=O)/C=C/CN1COCC1=O. The van der Waals surface area contributed by atoms with E-state index in [1.807, 2.05) is 20.8 Å². The normalized spacial score (nSPS) is 16.5. The van der Waals surface area contributed by atoms with Crippen LogP contribution in [0, 0.1) is 0 Å². The zero-order valence-corrected chi connectivity index (χ0v) is 13.9. The van der Waals surface area contributed by atoms with Gasteiger partial charge in [-0.15, -0.1) is 0 Å². The Morgan fingerprint density at radius 2 is 1.83 bits per heavy atom. The number of nitrogens with zero attached hydrogens (tertiary/aromatic N) is 1. The Labute approximate surface area is 136 Å². The molecule has 7 nitrogen and oxygen atoms in total. The summed E-state index contributed by atoms with van der Waals surface area (Å²) in [5.74, 6) is -0.450. The maximum absolute atomic E-state index is 11.7. The molecule has 1 aliphatic rings. The molecule has 128 valence electrons. The van der Waals surface area contributed by atoms with Gasteiger partial charge in [-0.05, 0) is 33.3 Å². The van der Waals surface area contributed by atoms with Crippen molar-refractivity contribution in [3.05, 3.63) is 24.3 Å². The quantitative estimate of drug-likeness (QED) is 0.630. The van der Waals surface area contributed by atoms with Crippen LogP contribution in [0.1, 0.15) is 27.2 Å². The van der Waals surface area contributed by atoms with Crippen LogP contribution in [-0.4, -0.2) is 54.6 Å². The standard InChI is InChI=1S/C16H25N3O4/c1-12(2)17-14(20)7-4-6-13(3)18-15(21)8-5-9-19-11-23-10-16(19)22/h4-5,7-8,12-13H,6,9-11H2,1-3H3,(H,17,20)(H,18,21)/b7-4+,8-5+. The molecule has 0 radical (unpaired) electrons. The molecule has 3 amide bonds. The third kappa shape index (κ3) is 8.15. The summed E-state index contributed by atoms with van der Waals surface area (Å²) in [6.45, 7) is 6.37. The minimum atomic E-state index is -0.231. The van der Waals surface area contributed by atoms with Gasteiger partial charge in [-0.25, -0.2) is 0 Å². The van der Waals surface area contributed by atoms with Gasteiger partial charge in [0.1, 0.15) is 13.3 Å². The van der Waals surface area contributed by atoms with E-state index in [-0.39, 0.29) is 43.1 Å². The zero-order valence-electron chi connectivity index (χ0n) is 13.9. The molecule has 0 aromatic carbocycles. The number of rotatable bonds is 8. The third-order valence-corrected chi connectivity index (χ3v) is 3.00. The summed E-state index contributed by atoms with van der Waals surface area (Å²) in [6, 6.07) is 0.00861. The number of carbonyl (C=O) groups is 3. The maximum Gasteiger partial charge on any atom is 0.250 e. The second-order valence-electron chi connectivity index (χ2n) is 5.71. The van der Waals surface area contributed by atoms with Crippen molar-refractivity contribution in [1.29, 1.82) is 0 Å². The highest BCUT2D eigenvalue weighted by Gasteiger charge is 2.18. The largest absolute Gasteiger partial charge is 0.351 e. The molecule has 0 spiro atoms. The number of nitrogens with one attached hydrogen (secondary N) is 2. The molecule has 1 heterocycles. The molecule has 0 aromatic rings. The molecule has 0 saturated carbocycles. The first kappa shape index (κ1) is 18.9. The van der Waals surface area contributed by atoms with Gasteiger partial charge in [0.05, 0.1) is 0 Å². The summed E-state index contributed by atoms with van der Waals surface area (Å²) < 4.78 is 4.98. The highest BCUT2D eigenvalue weighted by atomic mass is 16.5. The summed E-state index contributed by atoms with van der Waals surface area (Å²) in [5.41, 5.74) is 0. The summed E-state index contributed by atoms with van der Waals surface area (Å²) in [6.07, 6.45) is 6.78. The van der Waals surface area contributed by atoms with Crippen molar-refractivity contribution >= 4 is 17.7 Å². The van der Waals surface area contributed by atoms with Crippen LogP contribution in [0.4, 0.5) is 0 Å². The minimum absolute atomic E-state index is 0.0757. The van der Waals surface area contributed by atoms with Crippen molar-refractivity contribution in [2.45, 2.75) is 39.3 Å². The topological polar surface area (TPSA) is 87.7 Å². The molecular formula is C16H25N3O4. The Balaban J connectivity index is 2.23. The number of amides is 3. The van der Waals surface area contributed by atoms with Crippen molar-refractivity contribution < 1.29 is 19.1 Å². The Hall–Kier alpha value is -2.15. The molecular weight excluding hydrogens is 298 g/mol. The van der Waals surface area contributed by atoms with Gasteiger partial charge in [-0.2, -0.15) is 0 Å². The van der Waals surface area contributed by atoms with E-state index in [4.69, 9.17) is 4.74 Å². The Bertz CT molecular complexity index is 486. The fraction of sp³-hybridized carbons (Fsp3) is 0.562. The molecule has 1 aliphatic heterocycles. The van der Waals surface area contributed by atoms with Gasteiger partial charge in [0.2, 0.25) is 11.8 Å². The fourth-order valence-corrected chi connectivity index (χ4v) is 1.91. The summed E-state index contributed by atoms with van der Waals surface area (Å²) in [5, 5.41) is 5.54. The van der Waals surface area contributed by atoms with E-state index in [0.29, 0.717) is 13.0 Å². The molecule has 2 N–H and O–H groups in total. The van der Waals surface area contributed by atoms with E-state index in [0.717, 1.165) is 0 Å². The summed E-state index contributed by atoms with van der Waals surface area (Å²) in [7, 11) is 0. The van der Waals surface area contributed by atoms with E-state index in [1.54, 1.807) is 12.2 Å². The molecule has 1 saturated heterocycles. The number of ether oxygens (including phenoxy) is 1. The maximum atomic E-state index is 11.7. The number of hydrogen-bond acceptors (Lipinski definition) is 4. The van der Waals surface area contributed by atoms with Gasteiger partial charge in [0, 0.05) is 24.7 Å². The van der Waals surface area contributed by atoms with Crippen LogP contribution in [0.2, 0.25) is 0 Å². The van der Waals surface area contributed by atoms with Crippen LogP contribution in [-0.2, 0) is 19.1 Å². The van der Waals surface area contributed by atoms with Gasteiger partial charge in [-0.3, -0.25) is 14.4 Å². The van der Waals surface area contributed by atoms with Gasteiger partial charge >= 0.3 is 0 Å². The van der Waals surface area contributed by atoms with Crippen LogP contribution in [0.25, 0.3) is 0 Å². The van der Waals surface area contributed by atoms with Crippen molar-refractivity contribution in [1.82, 2.24) is 15.5 Å². The molecule has 1 unspecified atom stereocenters. The highest BCUT2D eigenvalue weighted by Crippen LogP contribution is 2.00. The van der Waals surface area contributed by atoms with Gasteiger partial charge in [0.15, 0.2) is 0 Å². The lowest BCUT2D eigenvalue weighted by Gasteiger charge is -2.11. The van der Waals surface area contributed by atoms with Crippen LogP contribution in [0.15, 0.2) is 24.3 Å². The first-order valence-corrected chi connectivity index (χ1v) is 7.68. The molecule has 7 heteroatoms. The van der Waals surface area contributed by atoms with Gasteiger partial charge in [0.25, 0.3) is 5.91 Å². The molecule has 1 atom stereocenters. The summed E-state index contributed by atoms with van der Waals surface area (Å²) in [4.78, 5) is 35.9. The first-order chi connectivity index (χ1) is 10.9.